The zero-order valence-corrected chi connectivity index (χ0v) is 12.2. The number of carboxylic acids is 1. The summed E-state index contributed by atoms with van der Waals surface area (Å²) >= 11 is 0. The van der Waals surface area contributed by atoms with Crippen molar-refractivity contribution in [1.29, 1.82) is 0 Å². The van der Waals surface area contributed by atoms with Gasteiger partial charge in [-0.15, -0.1) is 0 Å². The number of benzene rings is 1. The number of rotatable bonds is 10. The van der Waals surface area contributed by atoms with Gasteiger partial charge in [0.15, 0.2) is 11.5 Å². The van der Waals surface area contributed by atoms with Crippen molar-refractivity contribution in [3.63, 3.8) is 0 Å². The molecule has 0 saturated heterocycles. The molecule has 0 heterocycles. The lowest BCUT2D eigenvalue weighted by Gasteiger charge is -2.16. The summed E-state index contributed by atoms with van der Waals surface area (Å²) in [4.78, 5) is 12.4. The molecule has 0 spiro atoms. The van der Waals surface area contributed by atoms with Gasteiger partial charge in [0.2, 0.25) is 0 Å². The summed E-state index contributed by atoms with van der Waals surface area (Å²) in [6, 6.07) is 7.60. The first-order chi connectivity index (χ1) is 9.63. The molecule has 0 radical (unpaired) electrons. The standard InChI is InChI=1S/C15H23NO4/c1-3-19-13-7-4-5-8-14(13)20-12-6-10-16(2)11-9-15(17)18/h4-5,7-8H,3,6,9-12H2,1-2H3,(H,17,18). The molecule has 0 aliphatic heterocycles. The first-order valence-corrected chi connectivity index (χ1v) is 6.88. The zero-order chi connectivity index (χ0) is 14.8. The van der Waals surface area contributed by atoms with Crippen LogP contribution in [-0.2, 0) is 4.79 Å². The fraction of sp³-hybridized carbons (Fsp3) is 0.533. The maximum absolute atomic E-state index is 10.5. The normalized spacial score (nSPS) is 10.6. The number of hydrogen-bond donors (Lipinski definition) is 1. The van der Waals surface area contributed by atoms with Crippen molar-refractivity contribution < 1.29 is 19.4 Å². The summed E-state index contributed by atoms with van der Waals surface area (Å²) in [6.07, 6.45) is 1.01. The predicted molar refractivity (Wildman–Crippen MR) is 77.5 cm³/mol. The highest BCUT2D eigenvalue weighted by Crippen LogP contribution is 2.26. The van der Waals surface area contributed by atoms with E-state index in [1.807, 2.05) is 43.1 Å². The average molecular weight is 281 g/mol. The lowest BCUT2D eigenvalue weighted by Crippen LogP contribution is -2.24. The van der Waals surface area contributed by atoms with E-state index in [1.165, 1.54) is 0 Å². The molecule has 1 N–H and O–H groups in total. The van der Waals surface area contributed by atoms with Gasteiger partial charge in [0.25, 0.3) is 0 Å². The zero-order valence-electron chi connectivity index (χ0n) is 12.2. The fourth-order valence-corrected chi connectivity index (χ4v) is 1.76. The van der Waals surface area contributed by atoms with Gasteiger partial charge in [0, 0.05) is 13.1 Å². The topological polar surface area (TPSA) is 59.0 Å². The van der Waals surface area contributed by atoms with Gasteiger partial charge in [0.1, 0.15) is 0 Å². The van der Waals surface area contributed by atoms with Crippen LogP contribution in [0.25, 0.3) is 0 Å². The molecule has 0 fully saturated rings. The minimum atomic E-state index is -0.765. The highest BCUT2D eigenvalue weighted by molar-refractivity contribution is 5.66. The van der Waals surface area contributed by atoms with Crippen molar-refractivity contribution in [1.82, 2.24) is 4.90 Å². The number of nitrogens with zero attached hydrogens (tertiary/aromatic N) is 1. The van der Waals surface area contributed by atoms with Crippen LogP contribution in [0.15, 0.2) is 24.3 Å². The molecule has 0 aliphatic carbocycles. The van der Waals surface area contributed by atoms with Crippen LogP contribution in [0, 0.1) is 0 Å². The molecule has 1 aromatic rings. The molecular formula is C15H23NO4. The second-order valence-electron chi connectivity index (χ2n) is 4.53. The van der Waals surface area contributed by atoms with Crippen molar-refractivity contribution in [2.24, 2.45) is 0 Å². The van der Waals surface area contributed by atoms with Gasteiger partial charge >= 0.3 is 5.97 Å². The van der Waals surface area contributed by atoms with Crippen molar-refractivity contribution in [2.75, 3.05) is 33.4 Å². The monoisotopic (exact) mass is 281 g/mol. The van der Waals surface area contributed by atoms with E-state index in [1.54, 1.807) is 0 Å². The maximum Gasteiger partial charge on any atom is 0.304 e. The van der Waals surface area contributed by atoms with Crippen molar-refractivity contribution >= 4 is 5.97 Å². The van der Waals surface area contributed by atoms with E-state index < -0.39 is 5.97 Å². The average Bonchev–Trinajstić information content (AvgIpc) is 2.43. The molecule has 0 saturated carbocycles. The Balaban J connectivity index is 2.25. The van der Waals surface area contributed by atoms with Gasteiger partial charge < -0.3 is 19.5 Å². The molecule has 0 atom stereocenters. The number of carboxylic acid groups (broad SMARTS) is 1. The minimum absolute atomic E-state index is 0.171. The Morgan fingerprint density at radius 1 is 1.20 bits per heavy atom. The summed E-state index contributed by atoms with van der Waals surface area (Å²) < 4.78 is 11.2. The number of aliphatic carboxylic acids is 1. The molecule has 20 heavy (non-hydrogen) atoms. The van der Waals surface area contributed by atoms with Crippen LogP contribution in [0.1, 0.15) is 19.8 Å². The smallest absolute Gasteiger partial charge is 0.304 e. The van der Waals surface area contributed by atoms with E-state index in [4.69, 9.17) is 14.6 Å². The molecule has 5 nitrogen and oxygen atoms in total. The summed E-state index contributed by atoms with van der Waals surface area (Å²) in [6.45, 7) is 4.50. The van der Waals surface area contributed by atoms with Gasteiger partial charge in [-0.05, 0) is 32.5 Å². The number of carbonyl (C=O) groups is 1. The van der Waals surface area contributed by atoms with E-state index in [9.17, 15) is 4.79 Å². The first-order valence-electron chi connectivity index (χ1n) is 6.88. The Morgan fingerprint density at radius 3 is 2.45 bits per heavy atom. The SMILES string of the molecule is CCOc1ccccc1OCCCN(C)CCC(=O)O. The highest BCUT2D eigenvalue weighted by atomic mass is 16.5. The van der Waals surface area contributed by atoms with E-state index in [2.05, 4.69) is 0 Å². The van der Waals surface area contributed by atoms with E-state index in [0.29, 0.717) is 19.8 Å². The molecular weight excluding hydrogens is 258 g/mol. The lowest BCUT2D eigenvalue weighted by atomic mass is 10.3. The Labute approximate surface area is 120 Å². The number of hydrogen-bond acceptors (Lipinski definition) is 4. The third kappa shape index (κ3) is 6.43. The summed E-state index contributed by atoms with van der Waals surface area (Å²) in [7, 11) is 1.91. The van der Waals surface area contributed by atoms with Gasteiger partial charge in [-0.1, -0.05) is 12.1 Å². The van der Waals surface area contributed by atoms with Crippen molar-refractivity contribution in [3.05, 3.63) is 24.3 Å². The van der Waals surface area contributed by atoms with Gasteiger partial charge in [0.05, 0.1) is 19.6 Å². The fourth-order valence-electron chi connectivity index (χ4n) is 1.76. The predicted octanol–water partition coefficient (Wildman–Crippen LogP) is 2.26. The lowest BCUT2D eigenvalue weighted by molar-refractivity contribution is -0.137. The molecule has 112 valence electrons. The molecule has 1 aromatic carbocycles. The van der Waals surface area contributed by atoms with Gasteiger partial charge in [-0.2, -0.15) is 0 Å². The second-order valence-corrected chi connectivity index (χ2v) is 4.53. The van der Waals surface area contributed by atoms with Crippen LogP contribution >= 0.6 is 0 Å². The molecule has 1 rings (SSSR count). The van der Waals surface area contributed by atoms with Crippen molar-refractivity contribution in [2.45, 2.75) is 19.8 Å². The number of ether oxygens (including phenoxy) is 2. The largest absolute Gasteiger partial charge is 0.490 e. The molecule has 0 aromatic heterocycles. The van der Waals surface area contributed by atoms with Gasteiger partial charge in [-0.3, -0.25) is 4.79 Å². The molecule has 0 unspecified atom stereocenters. The Kier molecular flexibility index (Phi) is 7.50. The third-order valence-electron chi connectivity index (χ3n) is 2.80. The van der Waals surface area contributed by atoms with Gasteiger partial charge in [-0.25, -0.2) is 0 Å². The Morgan fingerprint density at radius 2 is 1.85 bits per heavy atom. The molecule has 0 bridgehead atoms. The Hall–Kier alpha value is -1.75. The minimum Gasteiger partial charge on any atom is -0.490 e. The quantitative estimate of drug-likeness (QED) is 0.667. The van der Waals surface area contributed by atoms with E-state index >= 15 is 0 Å². The van der Waals surface area contributed by atoms with Crippen LogP contribution in [0.2, 0.25) is 0 Å². The van der Waals surface area contributed by atoms with Crippen LogP contribution in [0.5, 0.6) is 11.5 Å². The maximum atomic E-state index is 10.5. The van der Waals surface area contributed by atoms with Crippen LogP contribution in [0.3, 0.4) is 0 Å². The van der Waals surface area contributed by atoms with E-state index in [-0.39, 0.29) is 6.42 Å². The van der Waals surface area contributed by atoms with E-state index in [0.717, 1.165) is 24.5 Å². The Bertz CT molecular complexity index is 409. The summed E-state index contributed by atoms with van der Waals surface area (Å²) in [5.74, 6) is 0.746. The number of para-hydroxylation sites is 2. The van der Waals surface area contributed by atoms with Crippen molar-refractivity contribution in [3.8, 4) is 11.5 Å². The summed E-state index contributed by atoms with van der Waals surface area (Å²) in [5.41, 5.74) is 0. The highest BCUT2D eigenvalue weighted by Gasteiger charge is 2.05. The second kappa shape index (κ2) is 9.20. The molecule has 5 heteroatoms. The molecule has 0 aliphatic rings. The summed E-state index contributed by atoms with van der Waals surface area (Å²) in [5, 5.41) is 8.60. The third-order valence-corrected chi connectivity index (χ3v) is 2.80. The molecule has 0 amide bonds. The first kappa shape index (κ1) is 16.3. The van der Waals surface area contributed by atoms with Crippen LogP contribution in [-0.4, -0.2) is 49.3 Å². The van der Waals surface area contributed by atoms with Crippen LogP contribution < -0.4 is 9.47 Å². The van der Waals surface area contributed by atoms with Crippen LogP contribution in [0.4, 0.5) is 0 Å².